The van der Waals surface area contributed by atoms with Crippen molar-refractivity contribution in [2.45, 2.75) is 0 Å². The van der Waals surface area contributed by atoms with Crippen molar-refractivity contribution < 1.29 is 23.8 Å². The Morgan fingerprint density at radius 3 is 2.38 bits per heavy atom. The van der Waals surface area contributed by atoms with E-state index in [0.29, 0.717) is 31.9 Å². The molecular weight excluding hydrogens is 384 g/mol. The van der Waals surface area contributed by atoms with Gasteiger partial charge in [-0.25, -0.2) is 13.6 Å². The highest BCUT2D eigenvalue weighted by Gasteiger charge is 2.26. The van der Waals surface area contributed by atoms with Crippen LogP contribution in [0.25, 0.3) is 16.6 Å². The van der Waals surface area contributed by atoms with Gasteiger partial charge in [-0.05, 0) is 30.3 Å². The van der Waals surface area contributed by atoms with E-state index in [9.17, 15) is 24.2 Å². The van der Waals surface area contributed by atoms with Crippen LogP contribution >= 0.6 is 0 Å². The highest BCUT2D eigenvalue weighted by molar-refractivity contribution is 5.94. The zero-order valence-corrected chi connectivity index (χ0v) is 15.2. The summed E-state index contributed by atoms with van der Waals surface area (Å²) in [7, 11) is 0. The molecule has 0 spiro atoms. The summed E-state index contributed by atoms with van der Waals surface area (Å²) < 4.78 is 31.6. The van der Waals surface area contributed by atoms with Gasteiger partial charge in [-0.3, -0.25) is 4.79 Å². The van der Waals surface area contributed by atoms with Gasteiger partial charge in [0.25, 0.3) is 0 Å². The summed E-state index contributed by atoms with van der Waals surface area (Å²) in [6.07, 6.45) is 1.02. The Hall–Kier alpha value is -3.46. The van der Waals surface area contributed by atoms with E-state index in [0.717, 1.165) is 12.3 Å². The van der Waals surface area contributed by atoms with Crippen molar-refractivity contribution >= 4 is 22.6 Å². The predicted octanol–water partition coefficient (Wildman–Crippen LogP) is 2.08. The number of phenols is 1. The maximum atomic E-state index is 15.6. The first-order valence-electron chi connectivity index (χ1n) is 8.94. The van der Waals surface area contributed by atoms with Crippen molar-refractivity contribution in [3.05, 3.63) is 63.9 Å². The van der Waals surface area contributed by atoms with Crippen LogP contribution in [0.2, 0.25) is 0 Å². The number of rotatable bonds is 3. The number of anilines is 1. The van der Waals surface area contributed by atoms with E-state index in [-0.39, 0.29) is 22.3 Å². The third kappa shape index (κ3) is 3.19. The van der Waals surface area contributed by atoms with Gasteiger partial charge in [0.2, 0.25) is 5.43 Å². The maximum absolute atomic E-state index is 15.6. The predicted molar refractivity (Wildman–Crippen MR) is 103 cm³/mol. The van der Waals surface area contributed by atoms with Crippen LogP contribution in [0.1, 0.15) is 10.4 Å². The van der Waals surface area contributed by atoms with Gasteiger partial charge in [0.15, 0.2) is 5.82 Å². The van der Waals surface area contributed by atoms with Gasteiger partial charge in [0.1, 0.15) is 22.8 Å². The van der Waals surface area contributed by atoms with Gasteiger partial charge < -0.3 is 25.0 Å². The molecule has 1 aliphatic heterocycles. The Balaban J connectivity index is 2.08. The monoisotopic (exact) mass is 401 g/mol. The van der Waals surface area contributed by atoms with Gasteiger partial charge >= 0.3 is 5.97 Å². The van der Waals surface area contributed by atoms with Crippen LogP contribution in [0.4, 0.5) is 14.5 Å². The quantitative estimate of drug-likeness (QED) is 0.622. The van der Waals surface area contributed by atoms with E-state index in [1.165, 1.54) is 28.8 Å². The number of carboxylic acid groups (broad SMARTS) is 1. The lowest BCUT2D eigenvalue weighted by Crippen LogP contribution is -2.44. The number of piperazine rings is 1. The molecule has 150 valence electrons. The van der Waals surface area contributed by atoms with Crippen LogP contribution in [0.3, 0.4) is 0 Å². The summed E-state index contributed by atoms with van der Waals surface area (Å²) in [4.78, 5) is 25.7. The highest BCUT2D eigenvalue weighted by Crippen LogP contribution is 2.32. The van der Waals surface area contributed by atoms with E-state index >= 15 is 4.39 Å². The summed E-state index contributed by atoms with van der Waals surface area (Å²) in [5.74, 6) is -3.40. The van der Waals surface area contributed by atoms with E-state index in [1.807, 2.05) is 0 Å². The molecule has 3 aromatic rings. The molecule has 0 radical (unpaired) electrons. The molecule has 2 aromatic carbocycles. The van der Waals surface area contributed by atoms with Gasteiger partial charge in [-0.2, -0.15) is 0 Å². The van der Waals surface area contributed by atoms with Crippen LogP contribution < -0.4 is 15.6 Å². The number of aromatic carboxylic acids is 1. The fourth-order valence-electron chi connectivity index (χ4n) is 3.55. The van der Waals surface area contributed by atoms with Gasteiger partial charge in [0, 0.05) is 38.1 Å². The van der Waals surface area contributed by atoms with Crippen molar-refractivity contribution in [3.63, 3.8) is 0 Å². The molecule has 0 bridgehead atoms. The van der Waals surface area contributed by atoms with Gasteiger partial charge in [-0.15, -0.1) is 0 Å². The number of hydrogen-bond donors (Lipinski definition) is 3. The Kier molecular flexibility index (Phi) is 4.67. The molecule has 9 heteroatoms. The zero-order valence-electron chi connectivity index (χ0n) is 15.2. The van der Waals surface area contributed by atoms with Crippen molar-refractivity contribution in [1.29, 1.82) is 0 Å². The standard InChI is InChI=1S/C20H17F2N3O4/c21-15-9-13-17(16(22)18(15)24-7-5-23-6-8-24)25(10-14(19(13)27)20(28)29)11-1-3-12(26)4-2-11/h1-4,9-10,23,26H,5-8H2,(H,28,29). The molecule has 0 aliphatic carbocycles. The summed E-state index contributed by atoms with van der Waals surface area (Å²) in [5, 5.41) is 21.6. The van der Waals surface area contributed by atoms with E-state index in [1.54, 1.807) is 4.90 Å². The molecule has 29 heavy (non-hydrogen) atoms. The Morgan fingerprint density at radius 2 is 1.76 bits per heavy atom. The molecule has 1 aliphatic rings. The second-order valence-electron chi connectivity index (χ2n) is 6.72. The van der Waals surface area contributed by atoms with Crippen LogP contribution in [0.5, 0.6) is 5.75 Å². The average Bonchev–Trinajstić information content (AvgIpc) is 2.70. The zero-order chi connectivity index (χ0) is 20.7. The molecular formula is C20H17F2N3O4. The van der Waals surface area contributed by atoms with Crippen molar-refractivity contribution in [2.24, 2.45) is 0 Å². The molecule has 1 aromatic heterocycles. The average molecular weight is 401 g/mol. The van der Waals surface area contributed by atoms with Gasteiger partial charge in [0.05, 0.1) is 10.9 Å². The minimum Gasteiger partial charge on any atom is -0.508 e. The van der Waals surface area contributed by atoms with Crippen LogP contribution in [0, 0.1) is 11.6 Å². The molecule has 1 saturated heterocycles. The molecule has 0 atom stereocenters. The minimum absolute atomic E-state index is 0.0365. The molecule has 4 rings (SSSR count). The van der Waals surface area contributed by atoms with E-state index in [4.69, 9.17) is 0 Å². The van der Waals surface area contributed by atoms with Crippen LogP contribution in [0.15, 0.2) is 41.3 Å². The number of benzene rings is 2. The Labute approximate surface area is 163 Å². The van der Waals surface area contributed by atoms with Crippen LogP contribution in [-0.4, -0.2) is 46.9 Å². The Morgan fingerprint density at radius 1 is 1.10 bits per heavy atom. The third-order valence-electron chi connectivity index (χ3n) is 4.95. The first kappa shape index (κ1) is 18.9. The number of phenolic OH excluding ortho intramolecular Hbond substituents is 1. The minimum atomic E-state index is -1.50. The molecule has 1 fully saturated rings. The lowest BCUT2D eigenvalue weighted by molar-refractivity contribution is 0.0695. The number of nitrogens with one attached hydrogen (secondary N) is 1. The smallest absolute Gasteiger partial charge is 0.341 e. The number of halogens is 2. The number of fused-ring (bicyclic) bond motifs is 1. The Bertz CT molecular complexity index is 1170. The summed E-state index contributed by atoms with van der Waals surface area (Å²) in [6, 6.07) is 6.47. The first-order chi connectivity index (χ1) is 13.9. The number of carbonyl (C=O) groups is 1. The van der Waals surface area contributed by atoms with Crippen LogP contribution in [-0.2, 0) is 0 Å². The van der Waals surface area contributed by atoms with E-state index in [2.05, 4.69) is 5.32 Å². The number of hydrogen-bond acceptors (Lipinski definition) is 5. The SMILES string of the molecule is O=C(O)c1cn(-c2ccc(O)cc2)c2c(F)c(N3CCNCC3)c(F)cc2c1=O. The molecule has 2 heterocycles. The number of nitrogens with zero attached hydrogens (tertiary/aromatic N) is 2. The summed E-state index contributed by atoms with van der Waals surface area (Å²) >= 11 is 0. The van der Waals surface area contributed by atoms with Gasteiger partial charge in [-0.1, -0.05) is 0 Å². The van der Waals surface area contributed by atoms with Crippen molar-refractivity contribution in [2.75, 3.05) is 31.1 Å². The molecule has 7 nitrogen and oxygen atoms in total. The topological polar surface area (TPSA) is 94.8 Å². The normalized spacial score (nSPS) is 14.3. The van der Waals surface area contributed by atoms with Crippen molar-refractivity contribution in [1.82, 2.24) is 9.88 Å². The molecule has 0 unspecified atom stereocenters. The number of carboxylic acids is 1. The second-order valence-corrected chi connectivity index (χ2v) is 6.72. The summed E-state index contributed by atoms with van der Waals surface area (Å²) in [6.45, 7) is 1.88. The third-order valence-corrected chi connectivity index (χ3v) is 4.95. The van der Waals surface area contributed by atoms with E-state index < -0.39 is 28.6 Å². The number of aromatic hydroxyl groups is 1. The molecule has 0 amide bonds. The maximum Gasteiger partial charge on any atom is 0.341 e. The lowest BCUT2D eigenvalue weighted by Gasteiger charge is -2.30. The van der Waals surface area contributed by atoms with Crippen molar-refractivity contribution in [3.8, 4) is 11.4 Å². The largest absolute Gasteiger partial charge is 0.508 e. The first-order valence-corrected chi connectivity index (χ1v) is 8.94. The number of pyridine rings is 1. The number of aromatic nitrogens is 1. The molecule has 3 N–H and O–H groups in total. The molecule has 0 saturated carbocycles. The highest BCUT2D eigenvalue weighted by atomic mass is 19.1. The fourth-order valence-corrected chi connectivity index (χ4v) is 3.55. The summed E-state index contributed by atoms with van der Waals surface area (Å²) in [5.41, 5.74) is -1.74. The second kappa shape index (κ2) is 7.17. The lowest BCUT2D eigenvalue weighted by atomic mass is 10.1. The fraction of sp³-hybridized carbons (Fsp3) is 0.200.